The third-order valence-electron chi connectivity index (χ3n) is 3.07. The monoisotopic (exact) mass is 335 g/mol. The zero-order chi connectivity index (χ0) is 14.3. The summed E-state index contributed by atoms with van der Waals surface area (Å²) in [5.41, 5.74) is 2.16. The fourth-order valence-corrected chi connectivity index (χ4v) is 2.69. The minimum Gasteiger partial charge on any atom is -0.494 e. The van der Waals surface area contributed by atoms with E-state index in [1.54, 1.807) is 12.1 Å². The molecule has 0 unspecified atom stereocenters. The highest BCUT2D eigenvalue weighted by Gasteiger charge is 2.12. The van der Waals surface area contributed by atoms with Crippen molar-refractivity contribution in [3.8, 4) is 17.1 Å². The van der Waals surface area contributed by atoms with E-state index >= 15 is 0 Å². The van der Waals surface area contributed by atoms with Crippen LogP contribution in [0.5, 0.6) is 5.75 Å². The highest BCUT2D eigenvalue weighted by Crippen LogP contribution is 2.28. The van der Waals surface area contributed by atoms with Gasteiger partial charge in [0.15, 0.2) is 17.4 Å². The first-order valence-corrected chi connectivity index (χ1v) is 6.74. The molecule has 6 heteroatoms. The van der Waals surface area contributed by atoms with Crippen molar-refractivity contribution >= 4 is 27.0 Å². The molecule has 0 radical (unpaired) electrons. The van der Waals surface area contributed by atoms with E-state index in [1.165, 1.54) is 13.2 Å². The van der Waals surface area contributed by atoms with Crippen LogP contribution >= 0.6 is 15.9 Å². The smallest absolute Gasteiger partial charge is 0.165 e. The average Bonchev–Trinajstić information content (AvgIpc) is 2.80. The fourth-order valence-electron chi connectivity index (χ4n) is 2.10. The highest BCUT2D eigenvalue weighted by atomic mass is 79.9. The quantitative estimate of drug-likeness (QED) is 0.773. The lowest BCUT2D eigenvalue weighted by atomic mass is 10.2. The molecule has 0 aliphatic carbocycles. The van der Waals surface area contributed by atoms with Crippen molar-refractivity contribution in [2.75, 3.05) is 7.11 Å². The fraction of sp³-hybridized carbons (Fsp3) is 0.143. The van der Waals surface area contributed by atoms with Gasteiger partial charge in [-0.1, -0.05) is 0 Å². The predicted molar refractivity (Wildman–Crippen MR) is 78.3 cm³/mol. The Kier molecular flexibility index (Phi) is 3.17. The number of aryl methyl sites for hydroxylation is 1. The standard InChI is InChI=1S/C14H11BrFN3O/c1-7-12-9(15)6-17-14(12)19-13(18-7)8-3-4-11(20-2)10(16)5-8/h3-6H,1-2H3,(H,17,18,19). The number of hydrogen-bond donors (Lipinski definition) is 1. The van der Waals surface area contributed by atoms with Gasteiger partial charge < -0.3 is 9.72 Å². The van der Waals surface area contributed by atoms with Crippen molar-refractivity contribution in [3.63, 3.8) is 0 Å². The molecule has 0 fully saturated rings. The van der Waals surface area contributed by atoms with E-state index in [1.807, 2.05) is 13.1 Å². The number of nitrogens with one attached hydrogen (secondary N) is 1. The van der Waals surface area contributed by atoms with Crippen molar-refractivity contribution in [2.45, 2.75) is 6.92 Å². The number of halogens is 2. The molecule has 102 valence electrons. The lowest BCUT2D eigenvalue weighted by Crippen LogP contribution is -1.95. The molecule has 4 nitrogen and oxygen atoms in total. The Morgan fingerprint density at radius 2 is 2.10 bits per heavy atom. The highest BCUT2D eigenvalue weighted by molar-refractivity contribution is 9.10. The molecule has 2 aromatic heterocycles. The Morgan fingerprint density at radius 1 is 1.30 bits per heavy atom. The average molecular weight is 336 g/mol. The Bertz CT molecular complexity index is 800. The van der Waals surface area contributed by atoms with Gasteiger partial charge in [-0.25, -0.2) is 14.4 Å². The lowest BCUT2D eigenvalue weighted by Gasteiger charge is -2.06. The van der Waals surface area contributed by atoms with Crippen molar-refractivity contribution < 1.29 is 9.13 Å². The minimum absolute atomic E-state index is 0.203. The minimum atomic E-state index is -0.431. The lowest BCUT2D eigenvalue weighted by molar-refractivity contribution is 0.386. The molecule has 20 heavy (non-hydrogen) atoms. The molecule has 2 heterocycles. The van der Waals surface area contributed by atoms with E-state index in [4.69, 9.17) is 4.74 Å². The number of rotatable bonds is 2. The van der Waals surface area contributed by atoms with Gasteiger partial charge in [0, 0.05) is 16.2 Å². The van der Waals surface area contributed by atoms with Gasteiger partial charge in [0.25, 0.3) is 0 Å². The molecule has 0 atom stereocenters. The number of H-pyrrole nitrogens is 1. The molecule has 0 spiro atoms. The topological polar surface area (TPSA) is 50.8 Å². The van der Waals surface area contributed by atoms with Crippen LogP contribution in [-0.4, -0.2) is 22.1 Å². The van der Waals surface area contributed by atoms with Crippen LogP contribution in [0.2, 0.25) is 0 Å². The molecular formula is C14H11BrFN3O. The first-order chi connectivity index (χ1) is 9.60. The van der Waals surface area contributed by atoms with Crippen molar-refractivity contribution in [1.82, 2.24) is 15.0 Å². The Balaban J connectivity index is 2.17. The van der Waals surface area contributed by atoms with Gasteiger partial charge in [-0.3, -0.25) is 0 Å². The Labute approximate surface area is 123 Å². The summed E-state index contributed by atoms with van der Waals surface area (Å²) in [6, 6.07) is 4.68. The first kappa shape index (κ1) is 13.1. The summed E-state index contributed by atoms with van der Waals surface area (Å²) in [5, 5.41) is 0.933. The summed E-state index contributed by atoms with van der Waals surface area (Å²) in [6.07, 6.45) is 1.81. The Hall–Kier alpha value is -1.95. The zero-order valence-corrected chi connectivity index (χ0v) is 12.5. The van der Waals surface area contributed by atoms with E-state index in [-0.39, 0.29) is 5.75 Å². The third-order valence-corrected chi connectivity index (χ3v) is 3.70. The number of fused-ring (bicyclic) bond motifs is 1. The molecule has 0 saturated heterocycles. The van der Waals surface area contributed by atoms with Gasteiger partial charge in [0.1, 0.15) is 5.65 Å². The summed E-state index contributed by atoms with van der Waals surface area (Å²) in [6.45, 7) is 1.89. The van der Waals surface area contributed by atoms with Gasteiger partial charge in [-0.05, 0) is 41.1 Å². The number of methoxy groups -OCH3 is 1. The van der Waals surface area contributed by atoms with Crippen LogP contribution in [0.1, 0.15) is 5.69 Å². The van der Waals surface area contributed by atoms with Crippen LogP contribution in [0.15, 0.2) is 28.9 Å². The van der Waals surface area contributed by atoms with Gasteiger partial charge in [0.2, 0.25) is 0 Å². The zero-order valence-electron chi connectivity index (χ0n) is 10.9. The third kappa shape index (κ3) is 2.06. The number of aromatic amines is 1. The van der Waals surface area contributed by atoms with Gasteiger partial charge in [0.05, 0.1) is 18.2 Å². The van der Waals surface area contributed by atoms with Crippen LogP contribution in [-0.2, 0) is 0 Å². The van der Waals surface area contributed by atoms with E-state index < -0.39 is 5.82 Å². The van der Waals surface area contributed by atoms with Crippen molar-refractivity contribution in [3.05, 3.63) is 40.4 Å². The SMILES string of the molecule is COc1ccc(-c2nc(C)c3c(Br)c[nH]c3n2)cc1F. The first-order valence-electron chi connectivity index (χ1n) is 5.95. The van der Waals surface area contributed by atoms with Crippen LogP contribution in [0.25, 0.3) is 22.4 Å². The number of nitrogens with zero attached hydrogens (tertiary/aromatic N) is 2. The predicted octanol–water partition coefficient (Wildman–Crippen LogP) is 3.84. The molecule has 0 aliphatic rings. The second-order valence-electron chi connectivity index (χ2n) is 4.34. The molecule has 1 aromatic carbocycles. The molecule has 3 aromatic rings. The van der Waals surface area contributed by atoms with Gasteiger partial charge >= 0.3 is 0 Å². The van der Waals surface area contributed by atoms with Crippen LogP contribution < -0.4 is 4.74 Å². The molecule has 0 amide bonds. The summed E-state index contributed by atoms with van der Waals surface area (Å²) < 4.78 is 19.6. The number of benzene rings is 1. The van der Waals surface area contributed by atoms with E-state index in [2.05, 4.69) is 30.9 Å². The number of aromatic nitrogens is 3. The normalized spacial score (nSPS) is 11.0. The van der Waals surface area contributed by atoms with Crippen LogP contribution in [0.4, 0.5) is 4.39 Å². The summed E-state index contributed by atoms with van der Waals surface area (Å²) in [5.74, 6) is 0.249. The van der Waals surface area contributed by atoms with E-state index in [0.29, 0.717) is 11.4 Å². The van der Waals surface area contributed by atoms with Crippen LogP contribution in [0.3, 0.4) is 0 Å². The van der Waals surface area contributed by atoms with E-state index in [0.717, 1.165) is 21.2 Å². The second-order valence-corrected chi connectivity index (χ2v) is 5.20. The van der Waals surface area contributed by atoms with Crippen LogP contribution in [0, 0.1) is 12.7 Å². The maximum atomic E-state index is 13.8. The largest absolute Gasteiger partial charge is 0.494 e. The maximum Gasteiger partial charge on any atom is 0.165 e. The van der Waals surface area contributed by atoms with Gasteiger partial charge in [-0.2, -0.15) is 0 Å². The van der Waals surface area contributed by atoms with E-state index in [9.17, 15) is 4.39 Å². The molecule has 3 rings (SSSR count). The summed E-state index contributed by atoms with van der Waals surface area (Å²) in [7, 11) is 1.43. The van der Waals surface area contributed by atoms with Crippen molar-refractivity contribution in [2.24, 2.45) is 0 Å². The number of hydrogen-bond acceptors (Lipinski definition) is 3. The van der Waals surface area contributed by atoms with Gasteiger partial charge in [-0.15, -0.1) is 0 Å². The summed E-state index contributed by atoms with van der Waals surface area (Å²) in [4.78, 5) is 11.9. The second kappa shape index (κ2) is 4.86. The summed E-state index contributed by atoms with van der Waals surface area (Å²) >= 11 is 3.44. The molecule has 1 N–H and O–H groups in total. The molecule has 0 aliphatic heterocycles. The molecule has 0 saturated carbocycles. The number of ether oxygens (including phenoxy) is 1. The maximum absolute atomic E-state index is 13.8. The molecular weight excluding hydrogens is 325 g/mol. The molecule has 0 bridgehead atoms. The Morgan fingerprint density at radius 3 is 2.80 bits per heavy atom. The van der Waals surface area contributed by atoms with Crippen molar-refractivity contribution in [1.29, 1.82) is 0 Å².